The van der Waals surface area contributed by atoms with Crippen LogP contribution in [0, 0.1) is 18.7 Å². The van der Waals surface area contributed by atoms with Crippen molar-refractivity contribution in [2.75, 3.05) is 0 Å². The molecule has 0 amide bonds. The predicted molar refractivity (Wildman–Crippen MR) is 65.7 cm³/mol. The Morgan fingerprint density at radius 2 is 2.07 bits per heavy atom. The van der Waals surface area contributed by atoms with E-state index in [4.69, 9.17) is 5.73 Å². The molecule has 84 valence electrons. The molecule has 4 heteroatoms. The average Bonchev–Trinajstić information content (AvgIpc) is 2.93. The number of rotatable bonds is 2. The number of halogens is 3. The van der Waals surface area contributed by atoms with Gasteiger partial charge in [-0.3, -0.25) is 0 Å². The maximum absolute atomic E-state index is 13.7. The molecule has 2 N–H and O–H groups in total. The maximum Gasteiger partial charge on any atom is 0.130 e. The van der Waals surface area contributed by atoms with Crippen LogP contribution in [0.4, 0.5) is 4.39 Å². The van der Waals surface area contributed by atoms with Gasteiger partial charge in [-0.1, -0.05) is 15.9 Å². The highest BCUT2D eigenvalue weighted by atomic mass is 79.9. The topological polar surface area (TPSA) is 26.0 Å². The van der Waals surface area contributed by atoms with E-state index in [1.807, 2.05) is 0 Å². The van der Waals surface area contributed by atoms with E-state index in [1.54, 1.807) is 19.1 Å². The van der Waals surface area contributed by atoms with Gasteiger partial charge in [-0.15, -0.1) is 12.4 Å². The minimum absolute atomic E-state index is 0. The second-order valence-corrected chi connectivity index (χ2v) is 4.90. The minimum Gasteiger partial charge on any atom is -0.324 e. The van der Waals surface area contributed by atoms with Crippen molar-refractivity contribution in [3.63, 3.8) is 0 Å². The van der Waals surface area contributed by atoms with E-state index in [0.29, 0.717) is 17.0 Å². The Morgan fingerprint density at radius 1 is 1.47 bits per heavy atom. The van der Waals surface area contributed by atoms with Gasteiger partial charge >= 0.3 is 0 Å². The predicted octanol–water partition coefficient (Wildman–Crippen LogP) is 3.73. The molecule has 1 saturated carbocycles. The van der Waals surface area contributed by atoms with Gasteiger partial charge in [-0.2, -0.15) is 0 Å². The van der Waals surface area contributed by atoms with Crippen molar-refractivity contribution < 1.29 is 4.39 Å². The van der Waals surface area contributed by atoms with Crippen LogP contribution < -0.4 is 5.73 Å². The van der Waals surface area contributed by atoms with Gasteiger partial charge < -0.3 is 5.73 Å². The van der Waals surface area contributed by atoms with Crippen LogP contribution in [-0.2, 0) is 0 Å². The molecular formula is C11H14BrClFN. The van der Waals surface area contributed by atoms with Crippen LogP contribution in [0.1, 0.15) is 30.0 Å². The van der Waals surface area contributed by atoms with Crippen molar-refractivity contribution in [1.29, 1.82) is 0 Å². The van der Waals surface area contributed by atoms with Gasteiger partial charge in [0.05, 0.1) is 0 Å². The van der Waals surface area contributed by atoms with Crippen LogP contribution >= 0.6 is 28.3 Å². The van der Waals surface area contributed by atoms with Crippen molar-refractivity contribution in [2.24, 2.45) is 11.7 Å². The molecule has 0 aromatic heterocycles. The molecule has 1 aromatic rings. The molecule has 1 nitrogen and oxygen atoms in total. The highest BCUT2D eigenvalue weighted by Crippen LogP contribution is 2.41. The summed E-state index contributed by atoms with van der Waals surface area (Å²) in [6, 6.07) is 3.44. The fraction of sp³-hybridized carbons (Fsp3) is 0.455. The molecule has 0 spiro atoms. The van der Waals surface area contributed by atoms with E-state index in [1.165, 1.54) is 0 Å². The Balaban J connectivity index is 0.00000112. The van der Waals surface area contributed by atoms with E-state index in [9.17, 15) is 4.39 Å². The second kappa shape index (κ2) is 4.81. The van der Waals surface area contributed by atoms with Crippen molar-refractivity contribution in [2.45, 2.75) is 25.8 Å². The number of nitrogens with two attached hydrogens (primary N) is 1. The van der Waals surface area contributed by atoms with E-state index in [0.717, 1.165) is 17.3 Å². The first kappa shape index (κ1) is 12.9. The van der Waals surface area contributed by atoms with Crippen LogP contribution in [-0.4, -0.2) is 0 Å². The van der Waals surface area contributed by atoms with Crippen LogP contribution in [0.15, 0.2) is 16.6 Å². The van der Waals surface area contributed by atoms with Crippen LogP contribution in [0.25, 0.3) is 0 Å². The molecule has 1 aliphatic carbocycles. The fourth-order valence-electron chi connectivity index (χ4n) is 1.70. The van der Waals surface area contributed by atoms with Crippen molar-refractivity contribution in [3.8, 4) is 0 Å². The van der Waals surface area contributed by atoms with Gasteiger partial charge in [-0.25, -0.2) is 4.39 Å². The molecule has 0 unspecified atom stereocenters. The third kappa shape index (κ3) is 2.71. The number of aryl methyl sites for hydroxylation is 1. The van der Waals surface area contributed by atoms with Gasteiger partial charge in [-0.05, 0) is 43.4 Å². The summed E-state index contributed by atoms with van der Waals surface area (Å²) < 4.78 is 14.6. The summed E-state index contributed by atoms with van der Waals surface area (Å²) in [5, 5.41) is 0. The lowest BCUT2D eigenvalue weighted by Crippen LogP contribution is -2.14. The third-order valence-corrected chi connectivity index (χ3v) is 3.19. The second-order valence-electron chi connectivity index (χ2n) is 3.99. The van der Waals surface area contributed by atoms with E-state index >= 15 is 0 Å². The molecule has 0 saturated heterocycles. The molecule has 2 rings (SSSR count). The SMILES string of the molecule is Cc1cc(Br)cc([C@H](N)C2CC2)c1F.Cl. The summed E-state index contributed by atoms with van der Waals surface area (Å²) in [6.45, 7) is 1.77. The Bertz CT molecular complexity index is 366. The first-order valence-electron chi connectivity index (χ1n) is 4.80. The van der Waals surface area contributed by atoms with Crippen LogP contribution in [0.5, 0.6) is 0 Å². The molecule has 1 atom stereocenters. The third-order valence-electron chi connectivity index (χ3n) is 2.74. The minimum atomic E-state index is -0.146. The van der Waals surface area contributed by atoms with Crippen LogP contribution in [0.2, 0.25) is 0 Å². The van der Waals surface area contributed by atoms with Gasteiger partial charge in [0.25, 0.3) is 0 Å². The van der Waals surface area contributed by atoms with Gasteiger partial charge in [0.1, 0.15) is 5.82 Å². The first-order valence-corrected chi connectivity index (χ1v) is 5.60. The zero-order valence-corrected chi connectivity index (χ0v) is 10.9. The molecule has 1 aromatic carbocycles. The average molecular weight is 295 g/mol. The highest BCUT2D eigenvalue weighted by Gasteiger charge is 2.31. The van der Waals surface area contributed by atoms with Crippen molar-refractivity contribution >= 4 is 28.3 Å². The van der Waals surface area contributed by atoms with Gasteiger partial charge in [0, 0.05) is 16.1 Å². The smallest absolute Gasteiger partial charge is 0.130 e. The quantitative estimate of drug-likeness (QED) is 0.884. The maximum atomic E-state index is 13.7. The van der Waals surface area contributed by atoms with Crippen LogP contribution in [0.3, 0.4) is 0 Å². The van der Waals surface area contributed by atoms with E-state index in [-0.39, 0.29) is 24.3 Å². The summed E-state index contributed by atoms with van der Waals surface area (Å²) in [5.74, 6) is 0.339. The van der Waals surface area contributed by atoms with E-state index in [2.05, 4.69) is 15.9 Å². The zero-order valence-electron chi connectivity index (χ0n) is 8.47. The fourth-order valence-corrected chi connectivity index (χ4v) is 2.29. The molecular weight excluding hydrogens is 280 g/mol. The lowest BCUT2D eigenvalue weighted by atomic mass is 10.0. The Kier molecular flexibility index (Phi) is 4.15. The summed E-state index contributed by atoms with van der Waals surface area (Å²) in [7, 11) is 0. The van der Waals surface area contributed by atoms with E-state index < -0.39 is 0 Å². The zero-order chi connectivity index (χ0) is 10.3. The number of benzene rings is 1. The normalized spacial score (nSPS) is 17.1. The Morgan fingerprint density at radius 3 is 2.60 bits per heavy atom. The largest absolute Gasteiger partial charge is 0.324 e. The lowest BCUT2D eigenvalue weighted by Gasteiger charge is -2.13. The highest BCUT2D eigenvalue weighted by molar-refractivity contribution is 9.10. The number of hydrogen-bond acceptors (Lipinski definition) is 1. The Hall–Kier alpha value is -0.120. The summed E-state index contributed by atoms with van der Waals surface area (Å²) in [6.07, 6.45) is 2.26. The summed E-state index contributed by atoms with van der Waals surface area (Å²) in [5.41, 5.74) is 7.29. The molecule has 15 heavy (non-hydrogen) atoms. The van der Waals surface area contributed by atoms with Gasteiger partial charge in [0.15, 0.2) is 0 Å². The summed E-state index contributed by atoms with van der Waals surface area (Å²) >= 11 is 3.36. The molecule has 0 radical (unpaired) electrons. The molecule has 0 heterocycles. The molecule has 1 aliphatic rings. The van der Waals surface area contributed by atoms with Crippen molar-refractivity contribution in [1.82, 2.24) is 0 Å². The van der Waals surface area contributed by atoms with Gasteiger partial charge in [0.2, 0.25) is 0 Å². The molecule has 1 fully saturated rings. The van der Waals surface area contributed by atoms with Crippen molar-refractivity contribution in [3.05, 3.63) is 33.5 Å². The molecule has 0 bridgehead atoms. The molecule has 0 aliphatic heterocycles. The monoisotopic (exact) mass is 293 g/mol. The summed E-state index contributed by atoms with van der Waals surface area (Å²) in [4.78, 5) is 0. The first-order chi connectivity index (χ1) is 6.59. The lowest BCUT2D eigenvalue weighted by molar-refractivity contribution is 0.548. The Labute approximate surface area is 104 Å². The number of hydrogen-bond donors (Lipinski definition) is 1. The standard InChI is InChI=1S/C11H13BrFN.ClH/c1-6-4-8(12)5-9(10(6)13)11(14)7-2-3-7;/h4-5,7,11H,2-3,14H2,1H3;1H/t11-;/m1./s1.